The number of aliphatic hydroxyl groups excluding tert-OH is 1. The van der Waals surface area contributed by atoms with Gasteiger partial charge >= 0.3 is 5.97 Å². The third kappa shape index (κ3) is 1.74. The normalized spacial score (nSPS) is 59.8. The van der Waals surface area contributed by atoms with Crippen LogP contribution in [0.2, 0.25) is 0 Å². The molecule has 35 heavy (non-hydrogen) atoms. The molecule has 7 N–H and O–H groups in total. The summed E-state index contributed by atoms with van der Waals surface area (Å²) in [6.45, 7) is 7.91. The number of rotatable bonds is 3. The maximum absolute atomic E-state index is 13.2. The van der Waals surface area contributed by atoms with Crippen LogP contribution in [0.25, 0.3) is 0 Å². The fourth-order valence-electron chi connectivity index (χ4n) is 9.56. The van der Waals surface area contributed by atoms with Crippen molar-refractivity contribution in [2.45, 2.75) is 99.9 Å². The van der Waals surface area contributed by atoms with Gasteiger partial charge in [0, 0.05) is 18.0 Å². The highest BCUT2D eigenvalue weighted by molar-refractivity contribution is 5.87. The van der Waals surface area contributed by atoms with Crippen LogP contribution in [0.1, 0.15) is 64.4 Å². The van der Waals surface area contributed by atoms with Crippen LogP contribution < -0.4 is 0 Å². The minimum Gasteiger partial charge on any atom is -0.451 e. The topological polar surface area (TPSA) is 173 Å². The molecule has 1 aromatic heterocycles. The Morgan fingerprint density at radius 1 is 1.20 bits per heavy atom. The van der Waals surface area contributed by atoms with E-state index in [0.717, 1.165) is 0 Å². The van der Waals surface area contributed by atoms with Crippen LogP contribution >= 0.6 is 0 Å². The lowest BCUT2D eigenvalue weighted by Gasteiger charge is -2.60. The van der Waals surface area contributed by atoms with Crippen LogP contribution in [0.5, 0.6) is 0 Å². The zero-order valence-electron chi connectivity index (χ0n) is 20.6. The number of carbonyl (C=O) groups excluding carboxylic acids is 1. The van der Waals surface area contributed by atoms with E-state index in [1.807, 2.05) is 0 Å². The molecule has 11 atom stereocenters. The Labute approximate surface area is 202 Å². The highest BCUT2D eigenvalue weighted by atomic mass is 16.7. The predicted octanol–water partition coefficient (Wildman–Crippen LogP) is -0.188. The van der Waals surface area contributed by atoms with E-state index in [4.69, 9.17) is 9.47 Å². The first-order chi connectivity index (χ1) is 16.0. The van der Waals surface area contributed by atoms with Crippen LogP contribution in [0.3, 0.4) is 0 Å². The summed E-state index contributed by atoms with van der Waals surface area (Å²) in [7, 11) is 0. The second-order valence-corrected chi connectivity index (χ2v) is 12.4. The van der Waals surface area contributed by atoms with Crippen LogP contribution in [0.15, 0.2) is 18.3 Å². The van der Waals surface area contributed by atoms with Gasteiger partial charge in [0.25, 0.3) is 0 Å². The van der Waals surface area contributed by atoms with E-state index in [9.17, 15) is 35.4 Å². The summed E-state index contributed by atoms with van der Waals surface area (Å²) in [6, 6.07) is 3.06. The van der Waals surface area contributed by atoms with Gasteiger partial charge in [-0.25, -0.2) is 4.79 Å². The number of H-pyrrole nitrogens is 1. The summed E-state index contributed by atoms with van der Waals surface area (Å²) < 4.78 is 12.1. The lowest BCUT2D eigenvalue weighted by molar-refractivity contribution is -0.390. The summed E-state index contributed by atoms with van der Waals surface area (Å²) in [5.74, 6) is -4.34. The number of ether oxygens (including phenoxy) is 2. The Morgan fingerprint density at radius 3 is 2.43 bits per heavy atom. The van der Waals surface area contributed by atoms with E-state index in [1.54, 1.807) is 26.8 Å². The van der Waals surface area contributed by atoms with Crippen molar-refractivity contribution in [1.82, 2.24) is 4.98 Å². The van der Waals surface area contributed by atoms with E-state index in [1.165, 1.54) is 26.1 Å². The number of aromatic nitrogens is 1. The van der Waals surface area contributed by atoms with E-state index < -0.39 is 74.6 Å². The number of carbonyl (C=O) groups is 1. The largest absolute Gasteiger partial charge is 0.451 e. The number of hydrogen-bond donors (Lipinski definition) is 7. The van der Waals surface area contributed by atoms with Gasteiger partial charge in [0.2, 0.25) is 0 Å². The van der Waals surface area contributed by atoms with Gasteiger partial charge in [0.05, 0.1) is 11.5 Å². The molecule has 0 amide bonds. The number of aliphatic hydroxyl groups is 6. The van der Waals surface area contributed by atoms with Crippen LogP contribution in [-0.2, 0) is 9.47 Å². The van der Waals surface area contributed by atoms with Crippen LogP contribution in [0.4, 0.5) is 0 Å². The number of hydrogen-bond acceptors (Lipinski definition) is 9. The maximum atomic E-state index is 13.2. The molecule has 10 nitrogen and oxygen atoms in total. The van der Waals surface area contributed by atoms with Gasteiger partial charge in [-0.1, -0.05) is 27.7 Å². The molecule has 2 aliphatic heterocycles. The maximum Gasteiger partial charge on any atom is 0.355 e. The van der Waals surface area contributed by atoms with Crippen LogP contribution in [0, 0.1) is 22.7 Å². The zero-order chi connectivity index (χ0) is 25.8. The van der Waals surface area contributed by atoms with Crippen molar-refractivity contribution in [3.63, 3.8) is 0 Å². The lowest BCUT2D eigenvalue weighted by Crippen LogP contribution is -2.75. The Morgan fingerprint density at radius 2 is 1.86 bits per heavy atom. The molecule has 6 bridgehead atoms. The summed E-state index contributed by atoms with van der Waals surface area (Å²) in [5, 5.41) is 73.9. The fraction of sp³-hybridized carbons (Fsp3) is 0.800. The highest BCUT2D eigenvalue weighted by Crippen LogP contribution is 2.90. The highest BCUT2D eigenvalue weighted by Gasteiger charge is 3.10. The van der Waals surface area contributed by atoms with Crippen LogP contribution in [-0.4, -0.2) is 87.6 Å². The molecule has 6 aliphatic rings. The third-order valence-electron chi connectivity index (χ3n) is 11.3. The second-order valence-electron chi connectivity index (χ2n) is 12.4. The van der Waals surface area contributed by atoms with Crippen molar-refractivity contribution in [3.8, 4) is 0 Å². The molecule has 0 unspecified atom stereocenters. The zero-order valence-corrected chi connectivity index (χ0v) is 20.6. The third-order valence-corrected chi connectivity index (χ3v) is 11.3. The SMILES string of the molecule is CC(C)[C@]1(O)[C@H](OC(=O)c2ccc[nH]2)[C@]2(O)[C@]3(C)C[C@@]4(O)O[C@@]5([C@H](O)[C@H](C)CC[C@@]35O)[C@@]2(O)[C@]41C. The van der Waals surface area contributed by atoms with Crippen molar-refractivity contribution in [1.29, 1.82) is 0 Å². The van der Waals surface area contributed by atoms with Crippen molar-refractivity contribution >= 4 is 5.97 Å². The second kappa shape index (κ2) is 5.96. The standard InChI is InChI=1S/C25H35NO9/c1-12(2)22(31)17(34-16(28)14-7-6-10-26-14)23(32)18(4)11-21(30)19(22,5)25(23,33)24(35-21)15(27)13(3)8-9-20(18,24)29/h6-7,10,12-13,15,17,26-27,29-33H,8-9,11H2,1-5H3/t13-,15-,17+,18-,19-,20-,21-,22+,23+,24-,25-/m1/s1. The molecule has 7 rings (SSSR count). The van der Waals surface area contributed by atoms with E-state index >= 15 is 0 Å². The molecule has 6 fully saturated rings. The molecule has 10 heteroatoms. The quantitative estimate of drug-likeness (QED) is 0.282. The molecule has 0 radical (unpaired) electrons. The summed E-state index contributed by atoms with van der Waals surface area (Å²) in [5.41, 5.74) is -15.2. The average molecular weight is 494 g/mol. The Hall–Kier alpha value is -1.53. The minimum atomic E-state index is -2.59. The number of aromatic amines is 1. The van der Waals surface area contributed by atoms with Gasteiger partial charge in [-0.3, -0.25) is 0 Å². The molecule has 4 saturated carbocycles. The number of nitrogens with one attached hydrogen (secondary N) is 1. The van der Waals surface area contributed by atoms with Crippen molar-refractivity contribution in [2.75, 3.05) is 0 Å². The molecule has 1 aromatic rings. The molecule has 3 heterocycles. The Balaban J connectivity index is 1.69. The minimum absolute atomic E-state index is 0.0654. The Kier molecular flexibility index (Phi) is 4.06. The first-order valence-electron chi connectivity index (χ1n) is 12.4. The van der Waals surface area contributed by atoms with E-state index in [-0.39, 0.29) is 18.5 Å². The monoisotopic (exact) mass is 493 g/mol. The molecular weight excluding hydrogens is 458 g/mol. The Bertz CT molecular complexity index is 1130. The van der Waals surface area contributed by atoms with Gasteiger partial charge in [-0.2, -0.15) is 0 Å². The lowest BCUT2D eigenvalue weighted by atomic mass is 9.52. The molecule has 1 spiro atoms. The summed E-state index contributed by atoms with van der Waals surface area (Å²) >= 11 is 0. The van der Waals surface area contributed by atoms with Gasteiger partial charge in [-0.05, 0) is 43.7 Å². The predicted molar refractivity (Wildman–Crippen MR) is 119 cm³/mol. The average Bonchev–Trinajstić information content (AvgIpc) is 3.41. The van der Waals surface area contributed by atoms with Gasteiger partial charge in [0.15, 0.2) is 17.5 Å². The smallest absolute Gasteiger partial charge is 0.355 e. The van der Waals surface area contributed by atoms with E-state index in [0.29, 0.717) is 6.42 Å². The first kappa shape index (κ1) is 23.8. The first-order valence-corrected chi connectivity index (χ1v) is 12.4. The molecule has 2 saturated heterocycles. The number of esters is 1. The fourth-order valence-corrected chi connectivity index (χ4v) is 9.56. The van der Waals surface area contributed by atoms with Crippen molar-refractivity contribution in [3.05, 3.63) is 24.0 Å². The van der Waals surface area contributed by atoms with Gasteiger partial charge in [-0.15, -0.1) is 0 Å². The van der Waals surface area contributed by atoms with Gasteiger partial charge in [0.1, 0.15) is 28.1 Å². The molecule has 194 valence electrons. The molecular formula is C25H35NO9. The summed E-state index contributed by atoms with van der Waals surface area (Å²) in [6.07, 6.45) is -1.63. The molecule has 0 aromatic carbocycles. The van der Waals surface area contributed by atoms with Crippen molar-refractivity contribution < 1.29 is 44.9 Å². The molecule has 4 aliphatic carbocycles. The van der Waals surface area contributed by atoms with Crippen molar-refractivity contribution in [2.24, 2.45) is 22.7 Å². The summed E-state index contributed by atoms with van der Waals surface area (Å²) in [4.78, 5) is 15.9. The van der Waals surface area contributed by atoms with E-state index in [2.05, 4.69) is 4.98 Å². The van der Waals surface area contributed by atoms with Gasteiger partial charge < -0.3 is 45.1 Å².